The highest BCUT2D eigenvalue weighted by Gasteiger charge is 2.24. The molecule has 0 saturated carbocycles. The van der Waals surface area contributed by atoms with Gasteiger partial charge in [0.25, 0.3) is 0 Å². The predicted molar refractivity (Wildman–Crippen MR) is 60.7 cm³/mol. The zero-order valence-corrected chi connectivity index (χ0v) is 10.4. The third-order valence-corrected chi connectivity index (χ3v) is 3.20. The van der Waals surface area contributed by atoms with Crippen molar-refractivity contribution in [2.24, 2.45) is 5.41 Å². The normalized spacial score (nSPS) is 14.4. The summed E-state index contributed by atoms with van der Waals surface area (Å²) >= 11 is 1.69. The van der Waals surface area contributed by atoms with E-state index in [1.165, 1.54) is 0 Å². The SMILES string of the molecule is CNC(Cc1nnc(C)s1)C(C)(C)C. The molecule has 0 spiro atoms. The van der Waals surface area contributed by atoms with Crippen LogP contribution >= 0.6 is 11.3 Å². The van der Waals surface area contributed by atoms with Gasteiger partial charge in [-0.3, -0.25) is 0 Å². The van der Waals surface area contributed by atoms with E-state index in [1.54, 1.807) is 11.3 Å². The Labute approximate surface area is 89.9 Å². The Morgan fingerprint density at radius 3 is 2.36 bits per heavy atom. The van der Waals surface area contributed by atoms with Gasteiger partial charge in [0.2, 0.25) is 0 Å². The molecular weight excluding hydrogens is 194 g/mol. The lowest BCUT2D eigenvalue weighted by atomic mass is 9.85. The molecule has 0 amide bonds. The van der Waals surface area contributed by atoms with E-state index in [-0.39, 0.29) is 5.41 Å². The van der Waals surface area contributed by atoms with Crippen LogP contribution in [-0.4, -0.2) is 23.3 Å². The van der Waals surface area contributed by atoms with Crippen molar-refractivity contribution in [2.45, 2.75) is 40.2 Å². The minimum atomic E-state index is 0.258. The molecular formula is C10H19N3S. The summed E-state index contributed by atoms with van der Waals surface area (Å²) in [6.45, 7) is 8.71. The van der Waals surface area contributed by atoms with Crippen LogP contribution in [0.4, 0.5) is 0 Å². The van der Waals surface area contributed by atoms with Crippen molar-refractivity contribution in [3.63, 3.8) is 0 Å². The molecule has 0 bridgehead atoms. The molecule has 1 atom stereocenters. The second-order valence-corrected chi connectivity index (χ2v) is 5.89. The highest BCUT2D eigenvalue weighted by atomic mass is 32.1. The molecule has 14 heavy (non-hydrogen) atoms. The summed E-state index contributed by atoms with van der Waals surface area (Å²) in [7, 11) is 2.00. The van der Waals surface area contributed by atoms with E-state index in [4.69, 9.17) is 0 Å². The topological polar surface area (TPSA) is 37.8 Å². The first kappa shape index (κ1) is 11.6. The van der Waals surface area contributed by atoms with Crippen LogP contribution in [0.3, 0.4) is 0 Å². The summed E-state index contributed by atoms with van der Waals surface area (Å²) in [5.74, 6) is 0. The number of hydrogen-bond acceptors (Lipinski definition) is 4. The summed E-state index contributed by atoms with van der Waals surface area (Å²) in [6, 6.07) is 0.454. The molecule has 0 aliphatic heterocycles. The molecule has 1 aromatic heterocycles. The van der Waals surface area contributed by atoms with Gasteiger partial charge in [-0.15, -0.1) is 21.5 Å². The smallest absolute Gasteiger partial charge is 0.119 e. The third kappa shape index (κ3) is 3.03. The van der Waals surface area contributed by atoms with Crippen LogP contribution in [0, 0.1) is 12.3 Å². The monoisotopic (exact) mass is 213 g/mol. The minimum absolute atomic E-state index is 0.258. The van der Waals surface area contributed by atoms with Crippen molar-refractivity contribution in [3.05, 3.63) is 10.0 Å². The van der Waals surface area contributed by atoms with Crippen LogP contribution in [0.2, 0.25) is 0 Å². The van der Waals surface area contributed by atoms with Gasteiger partial charge in [0.1, 0.15) is 10.0 Å². The quantitative estimate of drug-likeness (QED) is 0.835. The molecule has 0 saturated heterocycles. The lowest BCUT2D eigenvalue weighted by Crippen LogP contribution is -2.39. The Kier molecular flexibility index (Phi) is 3.61. The van der Waals surface area contributed by atoms with E-state index in [9.17, 15) is 0 Å². The fraction of sp³-hybridized carbons (Fsp3) is 0.800. The number of likely N-dealkylation sites (N-methyl/N-ethyl adjacent to an activating group) is 1. The molecule has 0 aliphatic carbocycles. The van der Waals surface area contributed by atoms with Gasteiger partial charge in [0.15, 0.2) is 0 Å². The van der Waals surface area contributed by atoms with E-state index < -0.39 is 0 Å². The summed E-state index contributed by atoms with van der Waals surface area (Å²) in [6.07, 6.45) is 0.964. The van der Waals surface area contributed by atoms with Gasteiger partial charge >= 0.3 is 0 Å². The van der Waals surface area contributed by atoms with Crippen LogP contribution in [-0.2, 0) is 6.42 Å². The number of aromatic nitrogens is 2. The average molecular weight is 213 g/mol. The number of aryl methyl sites for hydroxylation is 1. The van der Waals surface area contributed by atoms with E-state index in [0.29, 0.717) is 6.04 Å². The lowest BCUT2D eigenvalue weighted by molar-refractivity contribution is 0.279. The lowest BCUT2D eigenvalue weighted by Gasteiger charge is -2.29. The first-order chi connectivity index (χ1) is 6.43. The Hall–Kier alpha value is -0.480. The fourth-order valence-corrected chi connectivity index (χ4v) is 2.19. The Morgan fingerprint density at radius 1 is 1.36 bits per heavy atom. The van der Waals surface area contributed by atoms with Crippen molar-refractivity contribution in [2.75, 3.05) is 7.05 Å². The van der Waals surface area contributed by atoms with Gasteiger partial charge < -0.3 is 5.32 Å². The van der Waals surface area contributed by atoms with E-state index in [2.05, 4.69) is 36.3 Å². The van der Waals surface area contributed by atoms with Crippen LogP contribution < -0.4 is 5.32 Å². The second-order valence-electron chi connectivity index (χ2n) is 4.63. The number of nitrogens with one attached hydrogen (secondary N) is 1. The van der Waals surface area contributed by atoms with Crippen molar-refractivity contribution in [1.82, 2.24) is 15.5 Å². The second kappa shape index (κ2) is 4.36. The van der Waals surface area contributed by atoms with Crippen molar-refractivity contribution < 1.29 is 0 Å². The first-order valence-electron chi connectivity index (χ1n) is 4.89. The zero-order chi connectivity index (χ0) is 10.8. The van der Waals surface area contributed by atoms with Gasteiger partial charge in [-0.05, 0) is 19.4 Å². The van der Waals surface area contributed by atoms with E-state index in [1.807, 2.05) is 14.0 Å². The minimum Gasteiger partial charge on any atom is -0.316 e. The Morgan fingerprint density at radius 2 is 2.00 bits per heavy atom. The maximum atomic E-state index is 4.15. The van der Waals surface area contributed by atoms with Crippen molar-refractivity contribution in [3.8, 4) is 0 Å². The van der Waals surface area contributed by atoms with Crippen LogP contribution in [0.25, 0.3) is 0 Å². The summed E-state index contributed by atoms with van der Waals surface area (Å²) in [5, 5.41) is 13.7. The van der Waals surface area contributed by atoms with Crippen LogP contribution in [0.1, 0.15) is 30.8 Å². The molecule has 3 nitrogen and oxygen atoms in total. The fourth-order valence-electron chi connectivity index (χ4n) is 1.44. The number of nitrogens with zero attached hydrogens (tertiary/aromatic N) is 2. The number of rotatable bonds is 3. The van der Waals surface area contributed by atoms with Crippen LogP contribution in [0.15, 0.2) is 0 Å². The summed E-state index contributed by atoms with van der Waals surface area (Å²) in [5.41, 5.74) is 0.258. The first-order valence-corrected chi connectivity index (χ1v) is 5.71. The molecule has 1 N–H and O–H groups in total. The molecule has 1 rings (SSSR count). The molecule has 1 aromatic rings. The third-order valence-electron chi connectivity index (χ3n) is 2.34. The standard InChI is InChI=1S/C10H19N3S/c1-7-12-13-9(14-7)6-8(11-5)10(2,3)4/h8,11H,6H2,1-5H3. The average Bonchev–Trinajstić information content (AvgIpc) is 2.45. The Bertz CT molecular complexity index is 288. The van der Waals surface area contributed by atoms with Gasteiger partial charge in [-0.25, -0.2) is 0 Å². The molecule has 0 radical (unpaired) electrons. The van der Waals surface area contributed by atoms with E-state index >= 15 is 0 Å². The molecule has 1 heterocycles. The molecule has 0 fully saturated rings. The maximum absolute atomic E-state index is 4.15. The molecule has 0 aliphatic rings. The predicted octanol–water partition coefficient (Wildman–Crippen LogP) is 2.02. The molecule has 0 aromatic carbocycles. The van der Waals surface area contributed by atoms with Crippen molar-refractivity contribution >= 4 is 11.3 Å². The van der Waals surface area contributed by atoms with Gasteiger partial charge in [-0.1, -0.05) is 20.8 Å². The maximum Gasteiger partial charge on any atom is 0.119 e. The van der Waals surface area contributed by atoms with Gasteiger partial charge in [0.05, 0.1) is 0 Å². The Balaban J connectivity index is 2.66. The number of hydrogen-bond donors (Lipinski definition) is 1. The highest BCUT2D eigenvalue weighted by Crippen LogP contribution is 2.23. The van der Waals surface area contributed by atoms with Crippen LogP contribution in [0.5, 0.6) is 0 Å². The molecule has 80 valence electrons. The van der Waals surface area contributed by atoms with Crippen molar-refractivity contribution in [1.29, 1.82) is 0 Å². The van der Waals surface area contributed by atoms with Gasteiger partial charge in [-0.2, -0.15) is 0 Å². The highest BCUT2D eigenvalue weighted by molar-refractivity contribution is 7.11. The molecule has 4 heteroatoms. The zero-order valence-electron chi connectivity index (χ0n) is 9.59. The molecule has 1 unspecified atom stereocenters. The van der Waals surface area contributed by atoms with E-state index in [0.717, 1.165) is 16.4 Å². The van der Waals surface area contributed by atoms with Gasteiger partial charge in [0, 0.05) is 12.5 Å². The summed E-state index contributed by atoms with van der Waals surface area (Å²) in [4.78, 5) is 0. The summed E-state index contributed by atoms with van der Waals surface area (Å²) < 4.78 is 0. The largest absolute Gasteiger partial charge is 0.316 e.